The van der Waals surface area contributed by atoms with Gasteiger partial charge in [0.05, 0.1) is 13.5 Å². The molecule has 0 aliphatic rings. The summed E-state index contributed by atoms with van der Waals surface area (Å²) in [6, 6.07) is 0. The van der Waals surface area contributed by atoms with Gasteiger partial charge in [0, 0.05) is 18.0 Å². The number of hydrogen-bond donors (Lipinski definition) is 1. The van der Waals surface area contributed by atoms with Crippen molar-refractivity contribution in [3.8, 4) is 0 Å². The molecule has 1 N–H and O–H groups in total. The first kappa shape index (κ1) is 9.80. The van der Waals surface area contributed by atoms with Gasteiger partial charge in [-0.25, -0.2) is 0 Å². The number of esters is 1. The number of ether oxygens (including phenoxy) is 1. The molecule has 0 aliphatic heterocycles. The monoisotopic (exact) mass is 201 g/mol. The molecular weight excluding hydrogens is 194 g/mol. The molecule has 0 amide bonds. The van der Waals surface area contributed by atoms with E-state index in [0.717, 1.165) is 0 Å². The van der Waals surface area contributed by atoms with Crippen LogP contribution in [-0.2, 0) is 16.0 Å². The zero-order valence-electron chi connectivity index (χ0n) is 6.96. The molecule has 0 bridgehead atoms. The SMILES string of the molecule is COC(=O)Cc1c[nH]cc(Cl)c1=O. The Bertz CT molecular complexity index is 372. The lowest BCUT2D eigenvalue weighted by Crippen LogP contribution is -2.15. The van der Waals surface area contributed by atoms with E-state index in [1.54, 1.807) is 0 Å². The van der Waals surface area contributed by atoms with Crippen LogP contribution < -0.4 is 5.43 Å². The number of aromatic amines is 1. The van der Waals surface area contributed by atoms with Crippen LogP contribution in [0.4, 0.5) is 0 Å². The highest BCUT2D eigenvalue weighted by atomic mass is 35.5. The number of carbonyl (C=O) groups is 1. The number of rotatable bonds is 2. The molecule has 0 saturated heterocycles. The normalized spacial score (nSPS) is 9.69. The Kier molecular flexibility index (Phi) is 3.08. The molecule has 0 atom stereocenters. The molecule has 1 aromatic rings. The van der Waals surface area contributed by atoms with E-state index in [2.05, 4.69) is 9.72 Å². The van der Waals surface area contributed by atoms with Crippen molar-refractivity contribution in [1.29, 1.82) is 0 Å². The molecule has 70 valence electrons. The van der Waals surface area contributed by atoms with Crippen molar-refractivity contribution in [3.05, 3.63) is 33.2 Å². The van der Waals surface area contributed by atoms with Gasteiger partial charge in [-0.2, -0.15) is 0 Å². The van der Waals surface area contributed by atoms with Crippen molar-refractivity contribution in [2.24, 2.45) is 0 Å². The Labute approximate surface area is 79.5 Å². The highest BCUT2D eigenvalue weighted by Gasteiger charge is 2.08. The van der Waals surface area contributed by atoms with Gasteiger partial charge in [0.25, 0.3) is 0 Å². The predicted molar refractivity (Wildman–Crippen MR) is 47.8 cm³/mol. The summed E-state index contributed by atoms with van der Waals surface area (Å²) >= 11 is 5.54. The van der Waals surface area contributed by atoms with Crippen molar-refractivity contribution in [2.45, 2.75) is 6.42 Å². The van der Waals surface area contributed by atoms with Crippen LogP contribution >= 0.6 is 11.6 Å². The van der Waals surface area contributed by atoms with Crippen molar-refractivity contribution in [3.63, 3.8) is 0 Å². The Hall–Kier alpha value is -1.29. The molecule has 13 heavy (non-hydrogen) atoms. The molecular formula is C8H8ClNO3. The van der Waals surface area contributed by atoms with Gasteiger partial charge in [0.1, 0.15) is 5.02 Å². The summed E-state index contributed by atoms with van der Waals surface area (Å²) in [4.78, 5) is 24.7. The summed E-state index contributed by atoms with van der Waals surface area (Å²) in [5.74, 6) is -0.465. The first-order valence-electron chi connectivity index (χ1n) is 3.57. The molecule has 0 unspecified atom stereocenters. The third-order valence-corrected chi connectivity index (χ3v) is 1.82. The van der Waals surface area contributed by atoms with Crippen LogP contribution in [0.2, 0.25) is 5.02 Å². The van der Waals surface area contributed by atoms with Gasteiger partial charge in [-0.1, -0.05) is 11.6 Å². The number of carbonyl (C=O) groups excluding carboxylic acids is 1. The Morgan fingerprint density at radius 3 is 2.92 bits per heavy atom. The van der Waals surface area contributed by atoms with Crippen molar-refractivity contribution in [1.82, 2.24) is 4.98 Å². The smallest absolute Gasteiger partial charge is 0.310 e. The summed E-state index contributed by atoms with van der Waals surface area (Å²) in [5, 5.41) is 0.0707. The molecule has 0 aliphatic carbocycles. The zero-order valence-corrected chi connectivity index (χ0v) is 7.72. The van der Waals surface area contributed by atoms with Crippen LogP contribution in [0, 0.1) is 0 Å². The van der Waals surface area contributed by atoms with E-state index < -0.39 is 5.97 Å². The molecule has 0 fully saturated rings. The van der Waals surface area contributed by atoms with Gasteiger partial charge in [0.2, 0.25) is 5.43 Å². The number of pyridine rings is 1. The number of nitrogens with one attached hydrogen (secondary N) is 1. The minimum Gasteiger partial charge on any atom is -0.469 e. The highest BCUT2D eigenvalue weighted by molar-refractivity contribution is 6.30. The molecule has 5 heteroatoms. The quantitative estimate of drug-likeness (QED) is 0.719. The molecule has 0 spiro atoms. The Balaban J connectivity index is 2.96. The van der Waals surface area contributed by atoms with E-state index in [0.29, 0.717) is 5.56 Å². The summed E-state index contributed by atoms with van der Waals surface area (Å²) < 4.78 is 4.41. The molecule has 4 nitrogen and oxygen atoms in total. The second-order valence-corrected chi connectivity index (χ2v) is 2.82. The van der Waals surface area contributed by atoms with E-state index in [1.165, 1.54) is 19.5 Å². The summed E-state index contributed by atoms with van der Waals surface area (Å²) in [7, 11) is 1.26. The first-order chi connectivity index (χ1) is 6.15. The summed E-state index contributed by atoms with van der Waals surface area (Å²) in [6.45, 7) is 0. The zero-order chi connectivity index (χ0) is 9.84. The van der Waals surface area contributed by atoms with E-state index >= 15 is 0 Å². The van der Waals surface area contributed by atoms with Crippen LogP contribution in [-0.4, -0.2) is 18.1 Å². The lowest BCUT2D eigenvalue weighted by molar-refractivity contribution is -0.139. The second-order valence-electron chi connectivity index (χ2n) is 2.41. The van der Waals surface area contributed by atoms with Crippen LogP contribution in [0.25, 0.3) is 0 Å². The minimum atomic E-state index is -0.465. The van der Waals surface area contributed by atoms with Crippen molar-refractivity contribution in [2.75, 3.05) is 7.11 Å². The number of halogens is 1. The lowest BCUT2D eigenvalue weighted by atomic mass is 10.2. The largest absolute Gasteiger partial charge is 0.469 e. The van der Waals surface area contributed by atoms with Crippen LogP contribution in [0.1, 0.15) is 5.56 Å². The molecule has 1 aromatic heterocycles. The van der Waals surface area contributed by atoms with Crippen LogP contribution in [0.3, 0.4) is 0 Å². The van der Waals surface area contributed by atoms with E-state index in [-0.39, 0.29) is 16.9 Å². The van der Waals surface area contributed by atoms with E-state index in [9.17, 15) is 9.59 Å². The van der Waals surface area contributed by atoms with Crippen molar-refractivity contribution < 1.29 is 9.53 Å². The molecule has 1 rings (SSSR count). The average molecular weight is 202 g/mol. The van der Waals surface area contributed by atoms with Gasteiger partial charge in [-0.05, 0) is 0 Å². The number of hydrogen-bond acceptors (Lipinski definition) is 3. The highest BCUT2D eigenvalue weighted by Crippen LogP contribution is 2.01. The van der Waals surface area contributed by atoms with Crippen LogP contribution in [0.15, 0.2) is 17.2 Å². The molecule has 1 heterocycles. The Morgan fingerprint density at radius 2 is 2.31 bits per heavy atom. The van der Waals surface area contributed by atoms with Gasteiger partial charge in [0.15, 0.2) is 0 Å². The van der Waals surface area contributed by atoms with Gasteiger partial charge >= 0.3 is 5.97 Å². The number of aromatic nitrogens is 1. The molecule has 0 radical (unpaired) electrons. The number of methoxy groups -OCH3 is 1. The van der Waals surface area contributed by atoms with Gasteiger partial charge in [-0.15, -0.1) is 0 Å². The maximum Gasteiger partial charge on any atom is 0.310 e. The Morgan fingerprint density at radius 1 is 1.62 bits per heavy atom. The average Bonchev–Trinajstić information content (AvgIpc) is 2.13. The molecule has 0 aromatic carbocycles. The van der Waals surface area contributed by atoms with Gasteiger partial charge < -0.3 is 9.72 Å². The maximum atomic E-state index is 11.3. The maximum absolute atomic E-state index is 11.3. The van der Waals surface area contributed by atoms with Gasteiger partial charge in [-0.3, -0.25) is 9.59 Å². The van der Waals surface area contributed by atoms with E-state index in [4.69, 9.17) is 11.6 Å². The topological polar surface area (TPSA) is 59.2 Å². The third kappa shape index (κ3) is 2.32. The lowest BCUT2D eigenvalue weighted by Gasteiger charge is -1.98. The molecule has 0 saturated carbocycles. The fourth-order valence-corrected chi connectivity index (χ4v) is 1.04. The number of H-pyrrole nitrogens is 1. The first-order valence-corrected chi connectivity index (χ1v) is 3.95. The van der Waals surface area contributed by atoms with Crippen LogP contribution in [0.5, 0.6) is 0 Å². The predicted octanol–water partition coefficient (Wildman–Crippen LogP) is 0.744. The van der Waals surface area contributed by atoms with Crippen molar-refractivity contribution >= 4 is 17.6 Å². The summed E-state index contributed by atoms with van der Waals surface area (Å²) in [6.07, 6.45) is 2.74. The van der Waals surface area contributed by atoms with E-state index in [1.807, 2.05) is 0 Å². The summed E-state index contributed by atoms with van der Waals surface area (Å²) in [5.41, 5.74) is -0.0369. The second kappa shape index (κ2) is 4.09. The fourth-order valence-electron chi connectivity index (χ4n) is 0.859. The minimum absolute atomic E-state index is 0.0631. The third-order valence-electron chi connectivity index (χ3n) is 1.54. The fraction of sp³-hybridized carbons (Fsp3) is 0.250. The standard InChI is InChI=1S/C8H8ClNO3/c1-13-7(11)2-5-3-10-4-6(9)8(5)12/h3-4H,2H2,1H3,(H,10,12).